The molecular formula is C15H20Cl2N4OS. The molecule has 1 amide bonds. The number of carbonyl (C=O) groups is 1. The van der Waals surface area contributed by atoms with Crippen molar-refractivity contribution in [1.82, 2.24) is 14.9 Å². The first-order valence-corrected chi connectivity index (χ1v) is 7.89. The van der Waals surface area contributed by atoms with Crippen LogP contribution < -0.4 is 5.73 Å². The summed E-state index contributed by atoms with van der Waals surface area (Å²) in [5.74, 6) is 0.463. The zero-order valence-corrected chi connectivity index (χ0v) is 15.2. The minimum atomic E-state index is 0. The molecule has 1 aliphatic heterocycles. The van der Waals surface area contributed by atoms with Gasteiger partial charge in [0.25, 0.3) is 5.91 Å². The topological polar surface area (TPSA) is 72.1 Å². The molecule has 8 heteroatoms. The lowest BCUT2D eigenvalue weighted by Crippen LogP contribution is -2.33. The Kier molecular flexibility index (Phi) is 7.41. The SMILES string of the molecule is CC1CC(CN)CN1C(=O)c1cnc(-c2ccccn2)s1.Cl.Cl. The molecule has 5 nitrogen and oxygen atoms in total. The van der Waals surface area contributed by atoms with Crippen molar-refractivity contribution >= 4 is 42.1 Å². The lowest BCUT2D eigenvalue weighted by molar-refractivity contribution is 0.0748. The summed E-state index contributed by atoms with van der Waals surface area (Å²) in [6.45, 7) is 3.46. The predicted octanol–water partition coefficient (Wildman–Crippen LogP) is 2.86. The number of hydrogen-bond donors (Lipinski definition) is 1. The highest BCUT2D eigenvalue weighted by molar-refractivity contribution is 7.16. The Balaban J connectivity index is 0.00000132. The summed E-state index contributed by atoms with van der Waals surface area (Å²) in [5.41, 5.74) is 6.52. The summed E-state index contributed by atoms with van der Waals surface area (Å²) in [6, 6.07) is 5.92. The molecular weight excluding hydrogens is 355 g/mol. The van der Waals surface area contributed by atoms with E-state index in [4.69, 9.17) is 5.73 Å². The molecule has 0 spiro atoms. The number of pyridine rings is 1. The molecule has 0 aliphatic carbocycles. The van der Waals surface area contributed by atoms with Crippen LogP contribution in [0, 0.1) is 5.92 Å². The number of likely N-dealkylation sites (tertiary alicyclic amines) is 1. The van der Waals surface area contributed by atoms with E-state index in [1.807, 2.05) is 23.1 Å². The van der Waals surface area contributed by atoms with Crippen molar-refractivity contribution < 1.29 is 4.79 Å². The van der Waals surface area contributed by atoms with Crippen LogP contribution >= 0.6 is 36.2 Å². The molecule has 1 saturated heterocycles. The maximum Gasteiger partial charge on any atom is 0.265 e. The maximum absolute atomic E-state index is 12.6. The van der Waals surface area contributed by atoms with E-state index in [0.29, 0.717) is 17.3 Å². The Morgan fingerprint density at radius 1 is 1.39 bits per heavy atom. The maximum atomic E-state index is 12.6. The van der Waals surface area contributed by atoms with Crippen molar-refractivity contribution in [2.24, 2.45) is 11.7 Å². The number of aromatic nitrogens is 2. The molecule has 126 valence electrons. The Labute approximate surface area is 152 Å². The Morgan fingerprint density at radius 3 is 2.78 bits per heavy atom. The molecule has 0 radical (unpaired) electrons. The van der Waals surface area contributed by atoms with E-state index in [-0.39, 0.29) is 36.8 Å². The second-order valence-corrected chi connectivity index (χ2v) is 6.42. The third kappa shape index (κ3) is 4.20. The highest BCUT2D eigenvalue weighted by Crippen LogP contribution is 2.28. The largest absolute Gasteiger partial charge is 0.335 e. The van der Waals surface area contributed by atoms with Crippen LogP contribution in [-0.4, -0.2) is 39.9 Å². The fourth-order valence-electron chi connectivity index (χ4n) is 2.72. The van der Waals surface area contributed by atoms with E-state index >= 15 is 0 Å². The summed E-state index contributed by atoms with van der Waals surface area (Å²) in [6.07, 6.45) is 4.36. The van der Waals surface area contributed by atoms with Gasteiger partial charge in [-0.3, -0.25) is 9.78 Å². The van der Waals surface area contributed by atoms with Gasteiger partial charge in [0, 0.05) is 18.8 Å². The molecule has 1 fully saturated rings. The van der Waals surface area contributed by atoms with E-state index < -0.39 is 0 Å². The van der Waals surface area contributed by atoms with Crippen molar-refractivity contribution in [3.8, 4) is 10.7 Å². The zero-order valence-electron chi connectivity index (χ0n) is 12.7. The summed E-state index contributed by atoms with van der Waals surface area (Å²) in [7, 11) is 0. The lowest BCUT2D eigenvalue weighted by atomic mass is 10.1. The third-order valence-electron chi connectivity index (χ3n) is 3.86. The van der Waals surface area contributed by atoms with Crippen LogP contribution in [0.25, 0.3) is 10.7 Å². The molecule has 1 aliphatic rings. The molecule has 0 saturated carbocycles. The molecule has 2 N–H and O–H groups in total. The van der Waals surface area contributed by atoms with Gasteiger partial charge in [0.05, 0.1) is 11.9 Å². The Bertz CT molecular complexity index is 637. The van der Waals surface area contributed by atoms with Gasteiger partial charge >= 0.3 is 0 Å². The molecule has 3 heterocycles. The molecule has 0 aromatic carbocycles. The van der Waals surface area contributed by atoms with E-state index in [9.17, 15) is 4.79 Å². The van der Waals surface area contributed by atoms with E-state index in [2.05, 4.69) is 16.9 Å². The first-order valence-electron chi connectivity index (χ1n) is 7.07. The second kappa shape index (κ2) is 8.59. The highest BCUT2D eigenvalue weighted by atomic mass is 35.5. The van der Waals surface area contributed by atoms with Crippen LogP contribution in [0.1, 0.15) is 23.0 Å². The number of amides is 1. The van der Waals surface area contributed by atoms with Gasteiger partial charge in [0.15, 0.2) is 0 Å². The first-order chi connectivity index (χ1) is 10.2. The van der Waals surface area contributed by atoms with Crippen molar-refractivity contribution in [2.45, 2.75) is 19.4 Å². The van der Waals surface area contributed by atoms with Crippen molar-refractivity contribution in [3.05, 3.63) is 35.5 Å². The van der Waals surface area contributed by atoms with Crippen LogP contribution in [0.2, 0.25) is 0 Å². The normalized spacial score (nSPS) is 19.8. The fourth-order valence-corrected chi connectivity index (χ4v) is 3.57. The van der Waals surface area contributed by atoms with Gasteiger partial charge in [-0.15, -0.1) is 36.2 Å². The van der Waals surface area contributed by atoms with Crippen LogP contribution in [0.5, 0.6) is 0 Å². The first kappa shape index (κ1) is 19.8. The van der Waals surface area contributed by atoms with Gasteiger partial charge in [-0.25, -0.2) is 4.98 Å². The smallest absolute Gasteiger partial charge is 0.265 e. The van der Waals surface area contributed by atoms with Crippen LogP contribution in [0.15, 0.2) is 30.6 Å². The molecule has 2 atom stereocenters. The number of halogens is 2. The van der Waals surface area contributed by atoms with E-state index in [1.165, 1.54) is 11.3 Å². The average molecular weight is 375 g/mol. The molecule has 2 aromatic rings. The van der Waals surface area contributed by atoms with E-state index in [1.54, 1.807) is 12.4 Å². The number of thiazole rings is 1. The van der Waals surface area contributed by atoms with Crippen LogP contribution in [0.3, 0.4) is 0 Å². The van der Waals surface area contributed by atoms with Crippen LogP contribution in [-0.2, 0) is 0 Å². The van der Waals surface area contributed by atoms with Crippen molar-refractivity contribution in [1.29, 1.82) is 0 Å². The van der Waals surface area contributed by atoms with Gasteiger partial charge < -0.3 is 10.6 Å². The minimum absolute atomic E-state index is 0. The van der Waals surface area contributed by atoms with Crippen molar-refractivity contribution in [3.63, 3.8) is 0 Å². The van der Waals surface area contributed by atoms with Crippen LogP contribution in [0.4, 0.5) is 0 Å². The number of hydrogen-bond acceptors (Lipinski definition) is 5. The highest BCUT2D eigenvalue weighted by Gasteiger charge is 2.32. The Hall–Kier alpha value is -1.21. The predicted molar refractivity (Wildman–Crippen MR) is 97.5 cm³/mol. The van der Waals surface area contributed by atoms with E-state index in [0.717, 1.165) is 23.7 Å². The summed E-state index contributed by atoms with van der Waals surface area (Å²) < 4.78 is 0. The lowest BCUT2D eigenvalue weighted by Gasteiger charge is -2.20. The number of nitrogens with two attached hydrogens (primary N) is 1. The molecule has 2 aromatic heterocycles. The minimum Gasteiger partial charge on any atom is -0.335 e. The standard InChI is InChI=1S/C15H18N4OS.2ClH/c1-10-6-11(7-16)9-19(10)15(20)13-8-18-14(21-13)12-4-2-3-5-17-12;;/h2-5,8,10-11H,6-7,9,16H2,1H3;2*1H. The summed E-state index contributed by atoms with van der Waals surface area (Å²) in [4.78, 5) is 23.8. The number of rotatable bonds is 3. The molecule has 0 bridgehead atoms. The average Bonchev–Trinajstić information content (AvgIpc) is 3.14. The molecule has 23 heavy (non-hydrogen) atoms. The van der Waals surface area contributed by atoms with Gasteiger partial charge in [-0.1, -0.05) is 6.07 Å². The van der Waals surface area contributed by atoms with Gasteiger partial charge in [-0.2, -0.15) is 0 Å². The van der Waals surface area contributed by atoms with Crippen molar-refractivity contribution in [2.75, 3.05) is 13.1 Å². The second-order valence-electron chi connectivity index (χ2n) is 5.39. The molecule has 2 unspecified atom stereocenters. The number of nitrogens with zero attached hydrogens (tertiary/aromatic N) is 3. The summed E-state index contributed by atoms with van der Waals surface area (Å²) in [5, 5.41) is 0.779. The monoisotopic (exact) mass is 374 g/mol. The fraction of sp³-hybridized carbons (Fsp3) is 0.400. The number of carbonyl (C=O) groups excluding carboxylic acids is 1. The van der Waals surface area contributed by atoms with Gasteiger partial charge in [0.1, 0.15) is 9.88 Å². The third-order valence-corrected chi connectivity index (χ3v) is 4.86. The molecule has 3 rings (SSSR count). The van der Waals surface area contributed by atoms with Gasteiger partial charge in [0.2, 0.25) is 0 Å². The quantitative estimate of drug-likeness (QED) is 0.896. The zero-order chi connectivity index (χ0) is 14.8. The van der Waals surface area contributed by atoms with Gasteiger partial charge in [-0.05, 0) is 37.9 Å². The summed E-state index contributed by atoms with van der Waals surface area (Å²) >= 11 is 1.40. The Morgan fingerprint density at radius 2 is 2.17 bits per heavy atom.